The first-order chi connectivity index (χ1) is 7.09. The lowest BCUT2D eigenvalue weighted by molar-refractivity contribution is -0.127. The highest BCUT2D eigenvalue weighted by Gasteiger charge is 2.01. The summed E-state index contributed by atoms with van der Waals surface area (Å²) in [4.78, 5) is 12.7. The molecule has 80 valence electrons. The molecule has 0 N–H and O–H groups in total. The van der Waals surface area contributed by atoms with Gasteiger partial charge in [0.05, 0.1) is 0 Å². The first-order valence-electron chi connectivity index (χ1n) is 5.03. The molecule has 0 fully saturated rings. The fourth-order valence-electron chi connectivity index (χ4n) is 1.36. The molecule has 0 atom stereocenters. The third-order valence-corrected chi connectivity index (χ3v) is 2.24. The quantitative estimate of drug-likeness (QED) is 0.739. The monoisotopic (exact) mass is 203 g/mol. The van der Waals surface area contributed by atoms with Gasteiger partial charge in [-0.25, -0.2) is 0 Å². The molecule has 0 aliphatic rings. The van der Waals surface area contributed by atoms with Crippen molar-refractivity contribution >= 4 is 12.0 Å². The Kier molecular flexibility index (Phi) is 4.10. The van der Waals surface area contributed by atoms with E-state index in [1.807, 2.05) is 32.2 Å². The number of carbonyl (C=O) groups excluding carboxylic acids is 1. The lowest BCUT2D eigenvalue weighted by Crippen LogP contribution is -2.25. The molecule has 0 heterocycles. The zero-order valence-electron chi connectivity index (χ0n) is 9.53. The van der Waals surface area contributed by atoms with Gasteiger partial charge in [0.25, 0.3) is 0 Å². The number of amides is 1. The zero-order chi connectivity index (χ0) is 11.3. The molecule has 1 amide bonds. The Morgan fingerprint density at radius 2 is 1.87 bits per heavy atom. The highest BCUT2D eigenvalue weighted by Crippen LogP contribution is 2.06. The Morgan fingerprint density at radius 3 is 2.40 bits per heavy atom. The Labute approximate surface area is 91.2 Å². The van der Waals surface area contributed by atoms with Crippen molar-refractivity contribution in [2.24, 2.45) is 0 Å². The third kappa shape index (κ3) is 3.98. The second kappa shape index (κ2) is 5.35. The number of hydrogen-bond acceptors (Lipinski definition) is 1. The third-order valence-electron chi connectivity index (χ3n) is 2.24. The summed E-state index contributed by atoms with van der Waals surface area (Å²) in [5.41, 5.74) is 2.35. The highest BCUT2D eigenvalue weighted by molar-refractivity contribution is 5.73. The van der Waals surface area contributed by atoms with Crippen LogP contribution >= 0.6 is 0 Å². The first kappa shape index (κ1) is 11.5. The van der Waals surface area contributed by atoms with Crippen LogP contribution in [0.3, 0.4) is 0 Å². The van der Waals surface area contributed by atoms with Crippen molar-refractivity contribution in [3.8, 4) is 0 Å². The second-order valence-electron chi connectivity index (χ2n) is 3.78. The maximum Gasteiger partial charge on any atom is 0.219 e. The maximum absolute atomic E-state index is 11.0. The minimum absolute atomic E-state index is 0.0933. The molecule has 0 aliphatic carbocycles. The minimum Gasteiger partial charge on any atom is -0.342 e. The summed E-state index contributed by atoms with van der Waals surface area (Å²) >= 11 is 0. The van der Waals surface area contributed by atoms with Gasteiger partial charge in [-0.1, -0.05) is 42.0 Å². The van der Waals surface area contributed by atoms with E-state index in [4.69, 9.17) is 0 Å². The largest absolute Gasteiger partial charge is 0.342 e. The van der Waals surface area contributed by atoms with E-state index in [-0.39, 0.29) is 5.91 Å². The van der Waals surface area contributed by atoms with Crippen molar-refractivity contribution < 1.29 is 4.79 Å². The number of carbonyl (C=O) groups is 1. The van der Waals surface area contributed by atoms with Crippen molar-refractivity contribution in [2.75, 3.05) is 13.6 Å². The Morgan fingerprint density at radius 1 is 1.27 bits per heavy atom. The van der Waals surface area contributed by atoms with Crippen molar-refractivity contribution in [3.05, 3.63) is 41.5 Å². The lowest BCUT2D eigenvalue weighted by Gasteiger charge is -2.14. The smallest absolute Gasteiger partial charge is 0.219 e. The van der Waals surface area contributed by atoms with E-state index in [1.54, 1.807) is 11.8 Å². The number of nitrogens with zero attached hydrogens (tertiary/aromatic N) is 1. The Hall–Kier alpha value is -1.57. The van der Waals surface area contributed by atoms with Gasteiger partial charge in [0.2, 0.25) is 5.91 Å². The average molecular weight is 203 g/mol. The van der Waals surface area contributed by atoms with Gasteiger partial charge in [0.15, 0.2) is 0 Å². The maximum atomic E-state index is 11.0. The number of rotatable bonds is 3. The van der Waals surface area contributed by atoms with E-state index in [9.17, 15) is 4.79 Å². The molecular formula is C13H17NO. The van der Waals surface area contributed by atoms with E-state index < -0.39 is 0 Å². The first-order valence-corrected chi connectivity index (χ1v) is 5.03. The summed E-state index contributed by atoms with van der Waals surface area (Å²) < 4.78 is 0. The van der Waals surface area contributed by atoms with E-state index in [2.05, 4.69) is 18.2 Å². The number of hydrogen-bond donors (Lipinski definition) is 0. The molecule has 0 saturated heterocycles. The van der Waals surface area contributed by atoms with Crippen molar-refractivity contribution in [1.29, 1.82) is 0 Å². The molecule has 0 radical (unpaired) electrons. The van der Waals surface area contributed by atoms with Gasteiger partial charge in [-0.3, -0.25) is 4.79 Å². The summed E-state index contributed by atoms with van der Waals surface area (Å²) in [6.07, 6.45) is 2.10. The standard InChI is InChI=1S/C13H17NO/c1-11(10-14(3)12(2)15)9-13-7-5-4-6-8-13/h4-9H,10H2,1-3H3/b11-9+. The van der Waals surface area contributed by atoms with Gasteiger partial charge < -0.3 is 4.90 Å². The predicted molar refractivity (Wildman–Crippen MR) is 63.4 cm³/mol. The van der Waals surface area contributed by atoms with Gasteiger partial charge in [-0.15, -0.1) is 0 Å². The van der Waals surface area contributed by atoms with Crippen LogP contribution in [0.1, 0.15) is 19.4 Å². The second-order valence-corrected chi connectivity index (χ2v) is 3.78. The topological polar surface area (TPSA) is 20.3 Å². The van der Waals surface area contributed by atoms with Gasteiger partial charge >= 0.3 is 0 Å². The molecule has 1 aromatic carbocycles. The van der Waals surface area contributed by atoms with E-state index in [0.29, 0.717) is 6.54 Å². The fraction of sp³-hybridized carbons (Fsp3) is 0.308. The Bertz CT molecular complexity index is 354. The molecule has 0 aliphatic heterocycles. The van der Waals surface area contributed by atoms with Gasteiger partial charge in [0, 0.05) is 20.5 Å². The van der Waals surface area contributed by atoms with E-state index >= 15 is 0 Å². The SMILES string of the molecule is CC(=O)N(C)C/C(C)=C/c1ccccc1. The molecule has 2 heteroatoms. The van der Waals surface area contributed by atoms with Crippen LogP contribution in [0.2, 0.25) is 0 Å². The molecule has 0 bridgehead atoms. The van der Waals surface area contributed by atoms with Crippen LogP contribution in [0, 0.1) is 0 Å². The molecular weight excluding hydrogens is 186 g/mol. The van der Waals surface area contributed by atoms with E-state index in [0.717, 1.165) is 0 Å². The molecule has 0 saturated carbocycles. The van der Waals surface area contributed by atoms with Gasteiger partial charge in [-0.05, 0) is 12.5 Å². The molecule has 0 spiro atoms. The average Bonchev–Trinajstić information content (AvgIpc) is 2.18. The lowest BCUT2D eigenvalue weighted by atomic mass is 10.1. The summed E-state index contributed by atoms with van der Waals surface area (Å²) in [5.74, 6) is 0.0933. The van der Waals surface area contributed by atoms with Crippen LogP contribution in [0.4, 0.5) is 0 Å². The van der Waals surface area contributed by atoms with Crippen LogP contribution in [0.15, 0.2) is 35.9 Å². The van der Waals surface area contributed by atoms with Crippen LogP contribution in [0.5, 0.6) is 0 Å². The van der Waals surface area contributed by atoms with Crippen LogP contribution in [-0.4, -0.2) is 24.4 Å². The van der Waals surface area contributed by atoms with Crippen LogP contribution in [0.25, 0.3) is 6.08 Å². The molecule has 2 nitrogen and oxygen atoms in total. The van der Waals surface area contributed by atoms with Gasteiger partial charge in [0.1, 0.15) is 0 Å². The fourth-order valence-corrected chi connectivity index (χ4v) is 1.36. The Balaban J connectivity index is 2.65. The molecule has 1 aromatic rings. The van der Waals surface area contributed by atoms with Crippen molar-refractivity contribution in [1.82, 2.24) is 4.90 Å². The molecule has 0 aromatic heterocycles. The van der Waals surface area contributed by atoms with Crippen LogP contribution < -0.4 is 0 Å². The summed E-state index contributed by atoms with van der Waals surface area (Å²) in [7, 11) is 1.81. The molecule has 15 heavy (non-hydrogen) atoms. The van der Waals surface area contributed by atoms with Crippen molar-refractivity contribution in [3.63, 3.8) is 0 Å². The van der Waals surface area contributed by atoms with Crippen molar-refractivity contribution in [2.45, 2.75) is 13.8 Å². The summed E-state index contributed by atoms with van der Waals surface area (Å²) in [6.45, 7) is 4.30. The summed E-state index contributed by atoms with van der Waals surface area (Å²) in [6, 6.07) is 10.1. The number of benzene rings is 1. The van der Waals surface area contributed by atoms with Gasteiger partial charge in [-0.2, -0.15) is 0 Å². The molecule has 0 unspecified atom stereocenters. The normalized spacial score (nSPS) is 11.3. The predicted octanol–water partition coefficient (Wildman–Crippen LogP) is 2.57. The molecule has 1 rings (SSSR count). The van der Waals surface area contributed by atoms with E-state index in [1.165, 1.54) is 11.1 Å². The zero-order valence-corrected chi connectivity index (χ0v) is 9.53. The minimum atomic E-state index is 0.0933. The highest BCUT2D eigenvalue weighted by atomic mass is 16.2. The van der Waals surface area contributed by atoms with Crippen LogP contribution in [-0.2, 0) is 4.79 Å². The summed E-state index contributed by atoms with van der Waals surface area (Å²) in [5, 5.41) is 0. The number of likely N-dealkylation sites (N-methyl/N-ethyl adjacent to an activating group) is 1.